The zero-order valence-corrected chi connectivity index (χ0v) is 9.82. The maximum absolute atomic E-state index is 9.64. The smallest absolute Gasteiger partial charge is 0.122 e. The van der Waals surface area contributed by atoms with Gasteiger partial charge in [0.25, 0.3) is 0 Å². The maximum Gasteiger partial charge on any atom is 0.122 e. The quantitative estimate of drug-likeness (QED) is 0.490. The molecule has 0 aliphatic carbocycles. The first-order valence-electron chi connectivity index (χ1n) is 5.60. The van der Waals surface area contributed by atoms with E-state index in [1.165, 1.54) is 0 Å². The molecule has 2 rings (SSSR count). The number of rotatable bonds is 3. The summed E-state index contributed by atoms with van der Waals surface area (Å²) in [6.45, 7) is 0. The molecule has 0 saturated heterocycles. The Morgan fingerprint density at radius 3 is 2.33 bits per heavy atom. The highest BCUT2D eigenvalue weighted by molar-refractivity contribution is 6.10. The molecule has 3 N–H and O–H groups in total. The van der Waals surface area contributed by atoms with E-state index >= 15 is 0 Å². The Bertz CT molecular complexity index is 574. The van der Waals surface area contributed by atoms with Gasteiger partial charge in [-0.15, -0.1) is 0 Å². The molecular weight excluding hydrogens is 224 g/mol. The number of phenolic OH excluding ortho intramolecular Hbond substituents is 1. The van der Waals surface area contributed by atoms with E-state index in [1.54, 1.807) is 24.3 Å². The lowest BCUT2D eigenvalue weighted by Gasteiger charge is -2.00. The molecule has 2 aromatic rings. The molecule has 0 radical (unpaired) electrons. The topological polar surface area (TPSA) is 58.6 Å². The molecule has 0 aliphatic rings. The van der Waals surface area contributed by atoms with Gasteiger partial charge >= 0.3 is 0 Å². The van der Waals surface area contributed by atoms with Crippen molar-refractivity contribution in [2.75, 3.05) is 0 Å². The molecule has 0 heterocycles. The number of nitrogens with two attached hydrogens (primary N) is 1. The van der Waals surface area contributed by atoms with Crippen LogP contribution in [0.2, 0.25) is 0 Å². The first-order chi connectivity index (χ1) is 8.81. The molecule has 0 amide bonds. The third-order valence-corrected chi connectivity index (χ3v) is 2.57. The second-order valence-electron chi connectivity index (χ2n) is 3.77. The summed E-state index contributed by atoms with van der Waals surface area (Å²) in [5, 5.41) is 13.4. The Labute approximate surface area is 106 Å². The summed E-state index contributed by atoms with van der Waals surface area (Å²) >= 11 is 0. The number of para-hydroxylation sites is 1. The van der Waals surface area contributed by atoms with Gasteiger partial charge in [-0.05, 0) is 18.2 Å². The molecule has 0 atom stereocenters. The van der Waals surface area contributed by atoms with Gasteiger partial charge in [0, 0.05) is 11.1 Å². The minimum Gasteiger partial charge on any atom is -0.507 e. The standard InChI is InChI=1S/C15H14N2O/c16-17-14(12-6-2-1-3-7-12)11-10-13-8-4-5-9-15(13)18/h1-11,18H,16H2. The molecule has 3 heteroatoms. The van der Waals surface area contributed by atoms with Crippen molar-refractivity contribution < 1.29 is 5.11 Å². The van der Waals surface area contributed by atoms with Crippen LogP contribution in [0, 0.1) is 0 Å². The monoisotopic (exact) mass is 238 g/mol. The molecule has 3 nitrogen and oxygen atoms in total. The van der Waals surface area contributed by atoms with Crippen molar-refractivity contribution in [3.63, 3.8) is 0 Å². The van der Waals surface area contributed by atoms with Crippen LogP contribution in [0.5, 0.6) is 5.75 Å². The van der Waals surface area contributed by atoms with Crippen LogP contribution in [-0.4, -0.2) is 10.8 Å². The fraction of sp³-hybridized carbons (Fsp3) is 0. The highest BCUT2D eigenvalue weighted by atomic mass is 16.3. The van der Waals surface area contributed by atoms with Gasteiger partial charge in [0.1, 0.15) is 5.75 Å². The largest absolute Gasteiger partial charge is 0.507 e. The van der Waals surface area contributed by atoms with Gasteiger partial charge in [0.15, 0.2) is 0 Å². The zero-order chi connectivity index (χ0) is 12.8. The Balaban J connectivity index is 2.25. The van der Waals surface area contributed by atoms with Gasteiger partial charge in [-0.25, -0.2) is 0 Å². The van der Waals surface area contributed by atoms with Gasteiger partial charge in [-0.2, -0.15) is 5.10 Å². The average Bonchev–Trinajstić information content (AvgIpc) is 2.42. The second-order valence-corrected chi connectivity index (χ2v) is 3.77. The number of hydrogen-bond acceptors (Lipinski definition) is 3. The molecule has 0 aromatic heterocycles. The molecule has 0 aliphatic heterocycles. The Kier molecular flexibility index (Phi) is 3.76. The van der Waals surface area contributed by atoms with Crippen LogP contribution < -0.4 is 5.84 Å². The number of benzene rings is 2. The molecular formula is C15H14N2O. The van der Waals surface area contributed by atoms with Crippen LogP contribution in [0.3, 0.4) is 0 Å². The van der Waals surface area contributed by atoms with E-state index < -0.39 is 0 Å². The molecule has 2 aromatic carbocycles. The summed E-state index contributed by atoms with van der Waals surface area (Å²) < 4.78 is 0. The van der Waals surface area contributed by atoms with E-state index in [9.17, 15) is 5.11 Å². The van der Waals surface area contributed by atoms with Crippen molar-refractivity contribution in [2.45, 2.75) is 0 Å². The number of allylic oxidation sites excluding steroid dienone is 1. The van der Waals surface area contributed by atoms with Crippen molar-refractivity contribution in [2.24, 2.45) is 10.9 Å². The fourth-order valence-electron chi connectivity index (χ4n) is 1.62. The number of hydrazone groups is 1. The first kappa shape index (κ1) is 11.9. The van der Waals surface area contributed by atoms with Crippen molar-refractivity contribution >= 4 is 11.8 Å². The van der Waals surface area contributed by atoms with E-state index in [1.807, 2.05) is 42.5 Å². The predicted octanol–water partition coefficient (Wildman–Crippen LogP) is 2.77. The van der Waals surface area contributed by atoms with Gasteiger partial charge < -0.3 is 10.9 Å². The lowest BCUT2D eigenvalue weighted by Crippen LogP contribution is -2.00. The van der Waals surface area contributed by atoms with Crippen LogP contribution in [0.15, 0.2) is 65.8 Å². The van der Waals surface area contributed by atoms with E-state index in [4.69, 9.17) is 5.84 Å². The Morgan fingerprint density at radius 1 is 1.00 bits per heavy atom. The predicted molar refractivity (Wildman–Crippen MR) is 74.3 cm³/mol. The normalized spacial score (nSPS) is 11.9. The van der Waals surface area contributed by atoms with Gasteiger partial charge in [0.2, 0.25) is 0 Å². The first-order valence-corrected chi connectivity index (χ1v) is 5.60. The fourth-order valence-corrected chi connectivity index (χ4v) is 1.62. The highest BCUT2D eigenvalue weighted by Crippen LogP contribution is 2.17. The molecule has 0 saturated carbocycles. The lowest BCUT2D eigenvalue weighted by atomic mass is 10.1. The summed E-state index contributed by atoms with van der Waals surface area (Å²) in [5.41, 5.74) is 2.33. The zero-order valence-electron chi connectivity index (χ0n) is 9.82. The van der Waals surface area contributed by atoms with Crippen molar-refractivity contribution in [3.8, 4) is 5.75 Å². The second kappa shape index (κ2) is 5.68. The minimum absolute atomic E-state index is 0.234. The van der Waals surface area contributed by atoms with Crippen LogP contribution in [-0.2, 0) is 0 Å². The average molecular weight is 238 g/mol. The Morgan fingerprint density at radius 2 is 1.67 bits per heavy atom. The summed E-state index contributed by atoms with van der Waals surface area (Å²) in [4.78, 5) is 0. The maximum atomic E-state index is 9.64. The summed E-state index contributed by atoms with van der Waals surface area (Å²) in [6.07, 6.45) is 3.57. The minimum atomic E-state index is 0.234. The van der Waals surface area contributed by atoms with Crippen LogP contribution in [0.25, 0.3) is 6.08 Å². The van der Waals surface area contributed by atoms with Crippen molar-refractivity contribution in [3.05, 3.63) is 71.8 Å². The van der Waals surface area contributed by atoms with Crippen LogP contribution in [0.4, 0.5) is 0 Å². The number of phenols is 1. The van der Waals surface area contributed by atoms with Crippen molar-refractivity contribution in [1.29, 1.82) is 0 Å². The number of nitrogens with zero attached hydrogens (tertiary/aromatic N) is 1. The summed E-state index contributed by atoms with van der Waals surface area (Å²) in [6, 6.07) is 16.8. The van der Waals surface area contributed by atoms with E-state index in [0.29, 0.717) is 5.71 Å². The number of hydrogen-bond donors (Lipinski definition) is 2. The summed E-state index contributed by atoms with van der Waals surface area (Å²) in [5.74, 6) is 5.62. The van der Waals surface area contributed by atoms with E-state index in [0.717, 1.165) is 11.1 Å². The lowest BCUT2D eigenvalue weighted by molar-refractivity contribution is 0.474. The molecule has 0 unspecified atom stereocenters. The third kappa shape index (κ3) is 2.77. The molecule has 0 fully saturated rings. The van der Waals surface area contributed by atoms with Gasteiger partial charge in [-0.1, -0.05) is 48.5 Å². The van der Waals surface area contributed by atoms with Gasteiger partial charge in [0.05, 0.1) is 5.71 Å². The summed E-state index contributed by atoms with van der Waals surface area (Å²) in [7, 11) is 0. The molecule has 0 bridgehead atoms. The molecule has 0 spiro atoms. The molecule has 90 valence electrons. The van der Waals surface area contributed by atoms with Crippen molar-refractivity contribution in [1.82, 2.24) is 0 Å². The SMILES string of the molecule is NN=C(C=Cc1ccccc1O)c1ccccc1. The third-order valence-electron chi connectivity index (χ3n) is 2.57. The number of aromatic hydroxyl groups is 1. The van der Waals surface area contributed by atoms with Gasteiger partial charge in [-0.3, -0.25) is 0 Å². The van der Waals surface area contributed by atoms with Crippen LogP contribution >= 0.6 is 0 Å². The Hall–Kier alpha value is -2.55. The van der Waals surface area contributed by atoms with E-state index in [2.05, 4.69) is 5.10 Å². The highest BCUT2D eigenvalue weighted by Gasteiger charge is 1.99. The molecule has 18 heavy (non-hydrogen) atoms. The van der Waals surface area contributed by atoms with Crippen LogP contribution in [0.1, 0.15) is 11.1 Å². The van der Waals surface area contributed by atoms with E-state index in [-0.39, 0.29) is 5.75 Å².